The van der Waals surface area contributed by atoms with E-state index in [4.69, 9.17) is 9.47 Å². The molecule has 3 rings (SSSR count). The fourth-order valence-electron chi connectivity index (χ4n) is 2.39. The molecule has 24 heavy (non-hydrogen) atoms. The van der Waals surface area contributed by atoms with Crippen LogP contribution in [0.3, 0.4) is 0 Å². The van der Waals surface area contributed by atoms with Crippen molar-refractivity contribution in [3.05, 3.63) is 41.9 Å². The Morgan fingerprint density at radius 3 is 2.83 bits per heavy atom. The summed E-state index contributed by atoms with van der Waals surface area (Å²) in [5.41, 5.74) is -0.844. The van der Waals surface area contributed by atoms with Crippen molar-refractivity contribution in [2.45, 2.75) is 6.18 Å². The Morgan fingerprint density at radius 1 is 1.33 bits per heavy atom. The maximum atomic E-state index is 13.1. The Labute approximate surface area is 134 Å². The highest BCUT2D eigenvalue weighted by molar-refractivity contribution is 6.06. The van der Waals surface area contributed by atoms with Crippen molar-refractivity contribution >= 4 is 11.6 Å². The molecule has 1 aromatic carbocycles. The SMILES string of the molecule is COc1cc(C(=O)N2CCOc3c2cccc3C(F)(F)F)ncn1. The van der Waals surface area contributed by atoms with Crippen LogP contribution >= 0.6 is 0 Å². The van der Waals surface area contributed by atoms with E-state index >= 15 is 0 Å². The number of nitrogens with zero attached hydrogens (tertiary/aromatic N) is 3. The molecule has 1 aliphatic rings. The monoisotopic (exact) mass is 339 g/mol. The van der Waals surface area contributed by atoms with E-state index in [1.807, 2.05) is 0 Å². The summed E-state index contributed by atoms with van der Waals surface area (Å²) in [6, 6.07) is 4.88. The number of hydrogen-bond donors (Lipinski definition) is 0. The van der Waals surface area contributed by atoms with Gasteiger partial charge in [0.1, 0.15) is 18.6 Å². The van der Waals surface area contributed by atoms with Crippen LogP contribution in [0.1, 0.15) is 16.1 Å². The number of carbonyl (C=O) groups excluding carboxylic acids is 1. The number of rotatable bonds is 2. The van der Waals surface area contributed by atoms with Crippen LogP contribution < -0.4 is 14.4 Å². The van der Waals surface area contributed by atoms with Crippen molar-refractivity contribution in [3.8, 4) is 11.6 Å². The molecule has 0 radical (unpaired) electrons. The smallest absolute Gasteiger partial charge is 0.420 e. The molecule has 0 aliphatic carbocycles. The number of para-hydroxylation sites is 1. The van der Waals surface area contributed by atoms with Gasteiger partial charge >= 0.3 is 6.18 Å². The van der Waals surface area contributed by atoms with Gasteiger partial charge in [0.2, 0.25) is 5.88 Å². The van der Waals surface area contributed by atoms with E-state index in [9.17, 15) is 18.0 Å². The van der Waals surface area contributed by atoms with Crippen LogP contribution in [-0.4, -0.2) is 36.1 Å². The van der Waals surface area contributed by atoms with Gasteiger partial charge in [-0.25, -0.2) is 9.97 Å². The number of aromatic nitrogens is 2. The molecule has 0 bridgehead atoms. The molecule has 0 atom stereocenters. The molecule has 0 fully saturated rings. The number of anilines is 1. The molecule has 0 N–H and O–H groups in total. The number of carbonyl (C=O) groups is 1. The molecule has 126 valence electrons. The van der Waals surface area contributed by atoms with Crippen LogP contribution in [0.2, 0.25) is 0 Å². The van der Waals surface area contributed by atoms with E-state index in [1.54, 1.807) is 0 Å². The predicted molar refractivity (Wildman–Crippen MR) is 77.2 cm³/mol. The molecule has 0 saturated heterocycles. The minimum Gasteiger partial charge on any atom is -0.489 e. The van der Waals surface area contributed by atoms with Gasteiger partial charge in [-0.1, -0.05) is 6.07 Å². The molecule has 1 aromatic heterocycles. The minimum atomic E-state index is -4.57. The van der Waals surface area contributed by atoms with Crippen LogP contribution in [0.4, 0.5) is 18.9 Å². The second-order valence-electron chi connectivity index (χ2n) is 4.90. The summed E-state index contributed by atoms with van der Waals surface area (Å²) < 4.78 is 49.4. The largest absolute Gasteiger partial charge is 0.489 e. The van der Waals surface area contributed by atoms with Crippen molar-refractivity contribution in [3.63, 3.8) is 0 Å². The molecular weight excluding hydrogens is 327 g/mol. The first-order valence-electron chi connectivity index (χ1n) is 6.92. The van der Waals surface area contributed by atoms with Gasteiger partial charge in [0.15, 0.2) is 5.75 Å². The number of amides is 1. The number of alkyl halides is 3. The topological polar surface area (TPSA) is 64.5 Å². The zero-order valence-corrected chi connectivity index (χ0v) is 12.5. The van der Waals surface area contributed by atoms with Crippen LogP contribution in [0.15, 0.2) is 30.6 Å². The van der Waals surface area contributed by atoms with Gasteiger partial charge < -0.3 is 14.4 Å². The number of methoxy groups -OCH3 is 1. The third-order valence-corrected chi connectivity index (χ3v) is 3.47. The average molecular weight is 339 g/mol. The van der Waals surface area contributed by atoms with Crippen LogP contribution in [-0.2, 0) is 6.18 Å². The van der Waals surface area contributed by atoms with E-state index in [0.717, 1.165) is 12.4 Å². The van der Waals surface area contributed by atoms with Gasteiger partial charge in [-0.3, -0.25) is 4.79 Å². The lowest BCUT2D eigenvalue weighted by atomic mass is 10.1. The Bertz CT molecular complexity index is 780. The third-order valence-electron chi connectivity index (χ3n) is 3.47. The number of halogens is 3. The summed E-state index contributed by atoms with van der Waals surface area (Å²) in [4.78, 5) is 21.5. The predicted octanol–water partition coefficient (Wildman–Crippen LogP) is 2.54. The van der Waals surface area contributed by atoms with Gasteiger partial charge in [-0.2, -0.15) is 13.2 Å². The summed E-state index contributed by atoms with van der Waals surface area (Å²) >= 11 is 0. The highest BCUT2D eigenvalue weighted by atomic mass is 19.4. The lowest BCUT2D eigenvalue weighted by molar-refractivity contribution is -0.139. The maximum Gasteiger partial charge on any atom is 0.420 e. The van der Waals surface area contributed by atoms with Crippen molar-refractivity contribution < 1.29 is 27.4 Å². The minimum absolute atomic E-state index is 0.0205. The highest BCUT2D eigenvalue weighted by Crippen LogP contribution is 2.43. The molecular formula is C15H12F3N3O3. The Morgan fingerprint density at radius 2 is 2.12 bits per heavy atom. The molecule has 1 amide bonds. The lowest BCUT2D eigenvalue weighted by Crippen LogP contribution is -2.39. The number of ether oxygens (including phenoxy) is 2. The van der Waals surface area contributed by atoms with Gasteiger partial charge in [-0.05, 0) is 12.1 Å². The number of benzene rings is 1. The molecule has 0 unspecified atom stereocenters. The number of fused-ring (bicyclic) bond motifs is 1. The van der Waals surface area contributed by atoms with E-state index < -0.39 is 17.6 Å². The van der Waals surface area contributed by atoms with Gasteiger partial charge in [0, 0.05) is 6.07 Å². The van der Waals surface area contributed by atoms with Crippen molar-refractivity contribution in [1.29, 1.82) is 0 Å². The fourth-order valence-corrected chi connectivity index (χ4v) is 2.39. The molecule has 9 heteroatoms. The molecule has 1 aliphatic heterocycles. The summed E-state index contributed by atoms with van der Waals surface area (Å²) in [6.07, 6.45) is -3.42. The zero-order valence-electron chi connectivity index (χ0n) is 12.5. The molecule has 0 spiro atoms. The second kappa shape index (κ2) is 5.99. The summed E-state index contributed by atoms with van der Waals surface area (Å²) in [7, 11) is 1.39. The quantitative estimate of drug-likeness (QED) is 0.841. The Kier molecular flexibility index (Phi) is 4.00. The van der Waals surface area contributed by atoms with Gasteiger partial charge in [0.05, 0.1) is 24.9 Å². The van der Waals surface area contributed by atoms with Crippen LogP contribution in [0.5, 0.6) is 11.6 Å². The van der Waals surface area contributed by atoms with E-state index in [-0.39, 0.29) is 36.2 Å². The first kappa shape index (κ1) is 16.0. The lowest BCUT2D eigenvalue weighted by Gasteiger charge is -2.30. The molecule has 2 aromatic rings. The summed E-state index contributed by atoms with van der Waals surface area (Å²) in [6.45, 7) is 0.0630. The van der Waals surface area contributed by atoms with E-state index in [2.05, 4.69) is 9.97 Å². The molecule has 0 saturated carbocycles. The van der Waals surface area contributed by atoms with E-state index in [0.29, 0.717) is 0 Å². The first-order valence-corrected chi connectivity index (χ1v) is 6.92. The Balaban J connectivity index is 2.02. The average Bonchev–Trinajstić information content (AvgIpc) is 2.59. The maximum absolute atomic E-state index is 13.1. The highest BCUT2D eigenvalue weighted by Gasteiger charge is 2.38. The molecule has 2 heterocycles. The van der Waals surface area contributed by atoms with Crippen molar-refractivity contribution in [1.82, 2.24) is 9.97 Å². The van der Waals surface area contributed by atoms with Crippen LogP contribution in [0.25, 0.3) is 0 Å². The Hall–Kier alpha value is -2.84. The fraction of sp³-hybridized carbons (Fsp3) is 0.267. The number of hydrogen-bond acceptors (Lipinski definition) is 5. The first-order chi connectivity index (χ1) is 11.4. The third kappa shape index (κ3) is 2.84. The van der Waals surface area contributed by atoms with E-state index in [1.165, 1.54) is 30.2 Å². The van der Waals surface area contributed by atoms with Crippen LogP contribution in [0, 0.1) is 0 Å². The second-order valence-corrected chi connectivity index (χ2v) is 4.90. The molecule has 6 nitrogen and oxygen atoms in total. The normalized spacial score (nSPS) is 13.9. The van der Waals surface area contributed by atoms with Gasteiger partial charge in [-0.15, -0.1) is 0 Å². The standard InChI is InChI=1S/C15H12F3N3O3/c1-23-12-7-10(19-8-20-12)14(22)21-5-6-24-13-9(15(16,17)18)3-2-4-11(13)21/h2-4,7-8H,5-6H2,1H3. The van der Waals surface area contributed by atoms with Crippen molar-refractivity contribution in [2.75, 3.05) is 25.2 Å². The zero-order chi connectivity index (χ0) is 17.3. The summed E-state index contributed by atoms with van der Waals surface area (Å²) in [5.74, 6) is -0.726. The summed E-state index contributed by atoms with van der Waals surface area (Å²) in [5, 5.41) is 0. The van der Waals surface area contributed by atoms with Gasteiger partial charge in [0.25, 0.3) is 5.91 Å². The van der Waals surface area contributed by atoms with Crippen molar-refractivity contribution in [2.24, 2.45) is 0 Å².